The van der Waals surface area contributed by atoms with Crippen LogP contribution in [-0.2, 0) is 14.9 Å². The van der Waals surface area contributed by atoms with Crippen LogP contribution in [0.5, 0.6) is 0 Å². The maximum atomic E-state index is 13.0. The van der Waals surface area contributed by atoms with E-state index in [0.717, 1.165) is 25.3 Å². The zero-order valence-corrected chi connectivity index (χ0v) is 9.91. The van der Waals surface area contributed by atoms with Gasteiger partial charge in [-0.05, 0) is 18.2 Å². The zero-order chi connectivity index (χ0) is 13.8. The molecule has 9 heteroatoms. The summed E-state index contributed by atoms with van der Waals surface area (Å²) in [4.78, 5) is 10.7. The first-order valence-electron chi connectivity index (χ1n) is 4.46. The van der Waals surface area contributed by atoms with E-state index in [4.69, 9.17) is 5.26 Å². The van der Waals surface area contributed by atoms with Gasteiger partial charge in [0.1, 0.15) is 11.9 Å². The quantitative estimate of drug-likeness (QED) is 0.843. The van der Waals surface area contributed by atoms with Gasteiger partial charge in [0.05, 0.1) is 18.4 Å². The highest BCUT2D eigenvalue weighted by atomic mass is 32.2. The standard InChI is InChI=1S/C9H8FN3O4S/c1-17-9(14)13-18(15,16)12-7-2-3-8(10)6(4-7)5-11/h2-4,12H,1H3,(H,13,14). The number of rotatable bonds is 3. The second-order valence-electron chi connectivity index (χ2n) is 3.01. The number of anilines is 1. The van der Waals surface area contributed by atoms with Crippen molar-refractivity contribution in [2.24, 2.45) is 0 Å². The SMILES string of the molecule is COC(=O)NS(=O)(=O)Nc1ccc(F)c(C#N)c1. The molecule has 0 aliphatic carbocycles. The van der Waals surface area contributed by atoms with E-state index in [1.54, 1.807) is 6.07 Å². The molecule has 0 unspecified atom stereocenters. The maximum Gasteiger partial charge on any atom is 0.422 e. The molecule has 1 aromatic rings. The maximum absolute atomic E-state index is 13.0. The van der Waals surface area contributed by atoms with Gasteiger partial charge in [0, 0.05) is 0 Å². The molecule has 2 N–H and O–H groups in total. The molecule has 0 bridgehead atoms. The molecule has 0 heterocycles. The lowest BCUT2D eigenvalue weighted by molar-refractivity contribution is 0.177. The van der Waals surface area contributed by atoms with Crippen molar-refractivity contribution >= 4 is 22.0 Å². The summed E-state index contributed by atoms with van der Waals surface area (Å²) in [5.41, 5.74) is -0.391. The van der Waals surface area contributed by atoms with E-state index in [2.05, 4.69) is 4.74 Å². The van der Waals surface area contributed by atoms with Gasteiger partial charge in [-0.2, -0.15) is 13.7 Å². The third-order valence-electron chi connectivity index (χ3n) is 1.74. The van der Waals surface area contributed by atoms with Gasteiger partial charge in [-0.25, -0.2) is 13.9 Å². The summed E-state index contributed by atoms with van der Waals surface area (Å²) in [6.45, 7) is 0. The molecule has 1 amide bonds. The summed E-state index contributed by atoms with van der Waals surface area (Å²) in [5.74, 6) is -0.777. The normalized spacial score (nSPS) is 10.3. The van der Waals surface area contributed by atoms with Crippen LogP contribution in [-0.4, -0.2) is 21.6 Å². The van der Waals surface area contributed by atoms with E-state index in [1.807, 2.05) is 4.72 Å². The average molecular weight is 273 g/mol. The molecule has 0 aromatic heterocycles. The summed E-state index contributed by atoms with van der Waals surface area (Å²) in [6, 6.07) is 4.57. The molecule has 0 saturated carbocycles. The molecule has 1 rings (SSSR count). The molecule has 0 fully saturated rings. The third kappa shape index (κ3) is 3.60. The number of nitriles is 1. The van der Waals surface area contributed by atoms with E-state index in [-0.39, 0.29) is 11.3 Å². The summed E-state index contributed by atoms with van der Waals surface area (Å²) in [7, 11) is -3.19. The number of methoxy groups -OCH3 is 1. The van der Waals surface area contributed by atoms with Crippen molar-refractivity contribution in [3.8, 4) is 6.07 Å². The number of amides is 1. The van der Waals surface area contributed by atoms with E-state index in [9.17, 15) is 17.6 Å². The van der Waals surface area contributed by atoms with Crippen LogP contribution in [0.4, 0.5) is 14.9 Å². The van der Waals surface area contributed by atoms with Crippen molar-refractivity contribution in [2.45, 2.75) is 0 Å². The zero-order valence-electron chi connectivity index (χ0n) is 9.10. The van der Waals surface area contributed by atoms with E-state index in [1.165, 1.54) is 4.72 Å². The van der Waals surface area contributed by atoms with Crippen LogP contribution in [0.15, 0.2) is 18.2 Å². The summed E-state index contributed by atoms with van der Waals surface area (Å²) in [6.07, 6.45) is -1.18. The molecule has 0 spiro atoms. The highest BCUT2D eigenvalue weighted by Gasteiger charge is 2.15. The number of nitrogens with one attached hydrogen (secondary N) is 2. The second-order valence-corrected chi connectivity index (χ2v) is 4.42. The first-order valence-corrected chi connectivity index (χ1v) is 5.94. The van der Waals surface area contributed by atoms with Crippen LogP contribution in [0.1, 0.15) is 5.56 Å². The Morgan fingerprint density at radius 1 is 1.50 bits per heavy atom. The van der Waals surface area contributed by atoms with Crippen LogP contribution in [0.2, 0.25) is 0 Å². The Morgan fingerprint density at radius 3 is 2.72 bits per heavy atom. The van der Waals surface area contributed by atoms with Crippen LogP contribution >= 0.6 is 0 Å². The van der Waals surface area contributed by atoms with Crippen molar-refractivity contribution in [3.63, 3.8) is 0 Å². The van der Waals surface area contributed by atoms with E-state index >= 15 is 0 Å². The highest BCUT2D eigenvalue weighted by molar-refractivity contribution is 7.91. The molecule has 1 aromatic carbocycles. The van der Waals surface area contributed by atoms with Gasteiger partial charge in [-0.3, -0.25) is 4.72 Å². The van der Waals surface area contributed by atoms with Crippen LogP contribution in [0.25, 0.3) is 0 Å². The third-order valence-corrected chi connectivity index (χ3v) is 2.68. The molecule has 0 aliphatic heterocycles. The van der Waals surface area contributed by atoms with Gasteiger partial charge in [0.25, 0.3) is 0 Å². The minimum atomic E-state index is -4.19. The molecule has 0 saturated heterocycles. The predicted octanol–water partition coefficient (Wildman–Crippen LogP) is 0.710. The van der Waals surface area contributed by atoms with Gasteiger partial charge in [-0.15, -0.1) is 0 Å². The fourth-order valence-corrected chi connectivity index (χ4v) is 1.80. The number of halogens is 1. The topological polar surface area (TPSA) is 108 Å². The molecule has 0 aliphatic rings. The molecular formula is C9H8FN3O4S. The van der Waals surface area contributed by atoms with Gasteiger partial charge in [-0.1, -0.05) is 0 Å². The van der Waals surface area contributed by atoms with Crippen LogP contribution in [0.3, 0.4) is 0 Å². The number of hydrogen-bond donors (Lipinski definition) is 2. The van der Waals surface area contributed by atoms with E-state index < -0.39 is 22.1 Å². The lowest BCUT2D eigenvalue weighted by Gasteiger charge is -2.08. The minimum Gasteiger partial charge on any atom is -0.452 e. The molecule has 0 radical (unpaired) electrons. The fraction of sp³-hybridized carbons (Fsp3) is 0.111. The summed E-state index contributed by atoms with van der Waals surface area (Å²) >= 11 is 0. The average Bonchev–Trinajstić information content (AvgIpc) is 2.30. The summed E-state index contributed by atoms with van der Waals surface area (Å²) in [5, 5.41) is 8.57. The van der Waals surface area contributed by atoms with E-state index in [0.29, 0.717) is 0 Å². The van der Waals surface area contributed by atoms with Crippen molar-refractivity contribution in [3.05, 3.63) is 29.6 Å². The Balaban J connectivity index is 2.92. The first kappa shape index (κ1) is 13.7. The predicted molar refractivity (Wildman–Crippen MR) is 59.2 cm³/mol. The van der Waals surface area contributed by atoms with Crippen molar-refractivity contribution in [1.29, 1.82) is 5.26 Å². The van der Waals surface area contributed by atoms with Crippen LogP contribution < -0.4 is 9.44 Å². The molecular weight excluding hydrogens is 265 g/mol. The molecule has 7 nitrogen and oxygen atoms in total. The number of hydrogen-bond acceptors (Lipinski definition) is 5. The molecule has 96 valence electrons. The van der Waals surface area contributed by atoms with Crippen molar-refractivity contribution in [2.75, 3.05) is 11.8 Å². The largest absolute Gasteiger partial charge is 0.452 e. The Kier molecular flexibility index (Phi) is 4.06. The Labute approximate surface area is 102 Å². The number of nitrogens with zero attached hydrogens (tertiary/aromatic N) is 1. The monoisotopic (exact) mass is 273 g/mol. The smallest absolute Gasteiger partial charge is 0.422 e. The first-order chi connectivity index (χ1) is 8.38. The van der Waals surface area contributed by atoms with Gasteiger partial charge < -0.3 is 4.74 Å². The lowest BCUT2D eigenvalue weighted by atomic mass is 10.2. The van der Waals surface area contributed by atoms with Crippen LogP contribution in [0, 0.1) is 17.1 Å². The van der Waals surface area contributed by atoms with Gasteiger partial charge in [0.2, 0.25) is 0 Å². The fourth-order valence-electron chi connectivity index (χ4n) is 1.01. The van der Waals surface area contributed by atoms with Crippen molar-refractivity contribution < 1.29 is 22.3 Å². The molecule has 0 atom stereocenters. The number of carbonyl (C=O) groups is 1. The number of benzene rings is 1. The number of carbonyl (C=O) groups excluding carboxylic acids is 1. The van der Waals surface area contributed by atoms with Gasteiger partial charge in [0.15, 0.2) is 0 Å². The minimum absolute atomic E-state index is 0.0654. The van der Waals surface area contributed by atoms with Gasteiger partial charge >= 0.3 is 16.3 Å². The summed E-state index contributed by atoms with van der Waals surface area (Å²) < 4.78 is 43.3. The Morgan fingerprint density at radius 2 is 2.17 bits per heavy atom. The molecule has 18 heavy (non-hydrogen) atoms. The second kappa shape index (κ2) is 5.33. The Hall–Kier alpha value is -2.34. The highest BCUT2D eigenvalue weighted by Crippen LogP contribution is 2.14. The lowest BCUT2D eigenvalue weighted by Crippen LogP contribution is -2.35. The van der Waals surface area contributed by atoms with Crippen molar-refractivity contribution in [1.82, 2.24) is 4.72 Å². The number of ether oxygens (including phenoxy) is 1. The Bertz CT molecular complexity index is 609.